The van der Waals surface area contributed by atoms with Crippen LogP contribution in [0.1, 0.15) is 23.9 Å². The monoisotopic (exact) mass is 344 g/mol. The van der Waals surface area contributed by atoms with E-state index in [9.17, 15) is 18.3 Å². The molecule has 0 amide bonds. The Morgan fingerprint density at radius 3 is 2.58 bits per heavy atom. The molecule has 0 aliphatic heterocycles. The fraction of sp³-hybridized carbons (Fsp3) is 0.357. The quantitative estimate of drug-likeness (QED) is 0.614. The standard InChI is InChI=1S/C14H15F3N4O3/c1-23-19-7-10(22)6-11(18)8-2-4-9(5-3-8)12-20-13(24-21-12)14(15,16)17/h2-5,7,10-11,22H,6,18H2,1H3/b19-7+/t10?,11-/m1/s1. The Morgan fingerprint density at radius 2 is 2.04 bits per heavy atom. The van der Waals surface area contributed by atoms with Gasteiger partial charge in [-0.2, -0.15) is 18.2 Å². The van der Waals surface area contributed by atoms with E-state index in [0.717, 1.165) is 0 Å². The van der Waals surface area contributed by atoms with Crippen molar-refractivity contribution in [2.45, 2.75) is 24.7 Å². The van der Waals surface area contributed by atoms with Gasteiger partial charge < -0.3 is 20.2 Å². The molecule has 0 saturated heterocycles. The van der Waals surface area contributed by atoms with Crippen LogP contribution in [0.4, 0.5) is 13.2 Å². The summed E-state index contributed by atoms with van der Waals surface area (Å²) in [7, 11) is 1.35. The second-order valence-electron chi connectivity index (χ2n) is 4.89. The fourth-order valence-electron chi connectivity index (χ4n) is 1.92. The zero-order chi connectivity index (χ0) is 17.7. The zero-order valence-electron chi connectivity index (χ0n) is 12.6. The summed E-state index contributed by atoms with van der Waals surface area (Å²) in [6, 6.07) is 5.78. The topological polar surface area (TPSA) is 107 Å². The zero-order valence-corrected chi connectivity index (χ0v) is 12.6. The summed E-state index contributed by atoms with van der Waals surface area (Å²) in [4.78, 5) is 7.76. The van der Waals surface area contributed by atoms with Crippen LogP contribution >= 0.6 is 0 Å². The van der Waals surface area contributed by atoms with Gasteiger partial charge in [0.1, 0.15) is 7.11 Å². The minimum atomic E-state index is -4.69. The van der Waals surface area contributed by atoms with Gasteiger partial charge in [0.2, 0.25) is 5.82 Å². The molecule has 2 aromatic rings. The number of halogens is 3. The molecule has 1 aromatic carbocycles. The molecule has 3 N–H and O–H groups in total. The van der Waals surface area contributed by atoms with Gasteiger partial charge in [-0.15, -0.1) is 0 Å². The van der Waals surface area contributed by atoms with E-state index >= 15 is 0 Å². The van der Waals surface area contributed by atoms with Gasteiger partial charge in [0.15, 0.2) is 0 Å². The number of nitrogens with zero attached hydrogens (tertiary/aromatic N) is 3. The highest BCUT2D eigenvalue weighted by molar-refractivity contribution is 5.62. The molecule has 0 aliphatic rings. The van der Waals surface area contributed by atoms with Crippen LogP contribution in [0, 0.1) is 0 Å². The highest BCUT2D eigenvalue weighted by Crippen LogP contribution is 2.29. The number of aliphatic hydroxyl groups excluding tert-OH is 1. The van der Waals surface area contributed by atoms with Crippen LogP contribution in [0.2, 0.25) is 0 Å². The molecule has 24 heavy (non-hydrogen) atoms. The van der Waals surface area contributed by atoms with Crippen molar-refractivity contribution >= 4 is 6.21 Å². The minimum Gasteiger partial charge on any atom is -0.399 e. The number of rotatable bonds is 6. The Labute approximate surface area is 134 Å². The normalized spacial score (nSPS) is 14.8. The summed E-state index contributed by atoms with van der Waals surface area (Å²) >= 11 is 0. The number of oxime groups is 1. The molecule has 0 bridgehead atoms. The molecule has 1 aromatic heterocycles. The molecule has 2 atom stereocenters. The lowest BCUT2D eigenvalue weighted by Crippen LogP contribution is -2.19. The summed E-state index contributed by atoms with van der Waals surface area (Å²) in [6.07, 6.45) is -4.15. The third-order valence-electron chi connectivity index (χ3n) is 3.10. The third kappa shape index (κ3) is 4.52. The van der Waals surface area contributed by atoms with Gasteiger partial charge in [-0.3, -0.25) is 0 Å². The lowest BCUT2D eigenvalue weighted by molar-refractivity contribution is -0.159. The van der Waals surface area contributed by atoms with Gasteiger partial charge >= 0.3 is 12.1 Å². The summed E-state index contributed by atoms with van der Waals surface area (Å²) in [5, 5.41) is 16.4. The van der Waals surface area contributed by atoms with Crippen LogP contribution in [-0.4, -0.2) is 34.7 Å². The largest absolute Gasteiger partial charge is 0.471 e. The first-order chi connectivity index (χ1) is 11.3. The SMILES string of the molecule is CO/N=C/C(O)C[C@@H](N)c1ccc(-c2noc(C(F)(F)F)n2)cc1. The molecule has 130 valence electrons. The molecule has 1 heterocycles. The Balaban J connectivity index is 2.07. The van der Waals surface area contributed by atoms with Gasteiger partial charge in [-0.25, -0.2) is 0 Å². The first kappa shape index (κ1) is 17.9. The predicted molar refractivity (Wildman–Crippen MR) is 77.8 cm³/mol. The van der Waals surface area contributed by atoms with Crippen LogP contribution in [-0.2, 0) is 11.0 Å². The molecule has 0 saturated carbocycles. The Bertz CT molecular complexity index is 685. The van der Waals surface area contributed by atoms with Crippen molar-refractivity contribution in [3.63, 3.8) is 0 Å². The summed E-state index contributed by atoms with van der Waals surface area (Å²) in [6.45, 7) is 0. The van der Waals surface area contributed by atoms with E-state index in [4.69, 9.17) is 5.73 Å². The van der Waals surface area contributed by atoms with E-state index < -0.39 is 24.2 Å². The Morgan fingerprint density at radius 1 is 1.38 bits per heavy atom. The summed E-state index contributed by atoms with van der Waals surface area (Å²) in [5.74, 6) is -1.58. The second kappa shape index (κ2) is 7.41. The highest BCUT2D eigenvalue weighted by Gasteiger charge is 2.38. The summed E-state index contributed by atoms with van der Waals surface area (Å²) in [5.41, 5.74) is 6.99. The van der Waals surface area contributed by atoms with E-state index in [0.29, 0.717) is 11.1 Å². The fourth-order valence-corrected chi connectivity index (χ4v) is 1.92. The maximum absolute atomic E-state index is 12.4. The first-order valence-electron chi connectivity index (χ1n) is 6.82. The molecule has 0 aliphatic carbocycles. The van der Waals surface area contributed by atoms with Crippen molar-refractivity contribution in [3.8, 4) is 11.4 Å². The molecular weight excluding hydrogens is 329 g/mol. The van der Waals surface area contributed by atoms with Crippen molar-refractivity contribution in [3.05, 3.63) is 35.7 Å². The molecule has 0 spiro atoms. The number of hydrogen-bond donors (Lipinski definition) is 2. The highest BCUT2D eigenvalue weighted by atomic mass is 19.4. The van der Waals surface area contributed by atoms with Crippen molar-refractivity contribution < 1.29 is 27.6 Å². The number of aromatic nitrogens is 2. The smallest absolute Gasteiger partial charge is 0.399 e. The van der Waals surface area contributed by atoms with E-state index in [1.807, 2.05) is 0 Å². The van der Waals surface area contributed by atoms with E-state index in [2.05, 4.69) is 24.7 Å². The van der Waals surface area contributed by atoms with Gasteiger partial charge in [0.25, 0.3) is 0 Å². The molecule has 0 fully saturated rings. The van der Waals surface area contributed by atoms with Crippen LogP contribution in [0.5, 0.6) is 0 Å². The van der Waals surface area contributed by atoms with Crippen LogP contribution in [0.25, 0.3) is 11.4 Å². The van der Waals surface area contributed by atoms with Crippen LogP contribution in [0.3, 0.4) is 0 Å². The average Bonchev–Trinajstić information content (AvgIpc) is 3.03. The van der Waals surface area contributed by atoms with Gasteiger partial charge in [0, 0.05) is 11.6 Å². The van der Waals surface area contributed by atoms with Gasteiger partial charge in [-0.1, -0.05) is 34.6 Å². The number of aliphatic hydroxyl groups is 1. The molecule has 0 radical (unpaired) electrons. The number of hydrogen-bond acceptors (Lipinski definition) is 7. The van der Waals surface area contributed by atoms with Crippen LogP contribution in [0.15, 0.2) is 33.9 Å². The number of benzene rings is 1. The van der Waals surface area contributed by atoms with Crippen molar-refractivity contribution in [2.24, 2.45) is 10.9 Å². The van der Waals surface area contributed by atoms with Crippen molar-refractivity contribution in [1.29, 1.82) is 0 Å². The average molecular weight is 344 g/mol. The molecule has 2 rings (SSSR count). The van der Waals surface area contributed by atoms with E-state index in [1.165, 1.54) is 25.5 Å². The van der Waals surface area contributed by atoms with Crippen molar-refractivity contribution in [2.75, 3.05) is 7.11 Å². The molecular formula is C14H15F3N4O3. The third-order valence-corrected chi connectivity index (χ3v) is 3.10. The molecule has 7 nitrogen and oxygen atoms in total. The Hall–Kier alpha value is -2.46. The second-order valence-corrected chi connectivity index (χ2v) is 4.89. The predicted octanol–water partition coefficient (Wildman–Crippen LogP) is 2.14. The van der Waals surface area contributed by atoms with E-state index in [-0.39, 0.29) is 12.2 Å². The van der Waals surface area contributed by atoms with E-state index in [1.54, 1.807) is 12.1 Å². The Kier molecular flexibility index (Phi) is 5.52. The number of nitrogens with two attached hydrogens (primary N) is 1. The van der Waals surface area contributed by atoms with Crippen LogP contribution < -0.4 is 5.73 Å². The lowest BCUT2D eigenvalue weighted by Gasteiger charge is -2.14. The van der Waals surface area contributed by atoms with Crippen molar-refractivity contribution in [1.82, 2.24) is 10.1 Å². The number of alkyl halides is 3. The maximum Gasteiger partial charge on any atom is 0.471 e. The lowest BCUT2D eigenvalue weighted by atomic mass is 10.0. The van der Waals surface area contributed by atoms with Gasteiger partial charge in [-0.05, 0) is 12.0 Å². The summed E-state index contributed by atoms with van der Waals surface area (Å²) < 4.78 is 41.5. The molecule has 1 unspecified atom stereocenters. The minimum absolute atomic E-state index is 0.172. The first-order valence-corrected chi connectivity index (χ1v) is 6.82. The molecule has 10 heteroatoms. The van der Waals surface area contributed by atoms with Gasteiger partial charge in [0.05, 0.1) is 12.3 Å². The maximum atomic E-state index is 12.4.